The fourth-order valence-corrected chi connectivity index (χ4v) is 5.26. The van der Waals surface area contributed by atoms with Crippen molar-refractivity contribution in [2.75, 3.05) is 12.4 Å². The van der Waals surface area contributed by atoms with Crippen LogP contribution in [0, 0.1) is 6.92 Å². The number of aryl methyl sites for hydroxylation is 1. The summed E-state index contributed by atoms with van der Waals surface area (Å²) in [5, 5.41) is 3.82. The van der Waals surface area contributed by atoms with Crippen LogP contribution in [0.3, 0.4) is 0 Å². The zero-order chi connectivity index (χ0) is 17.6. The molecule has 0 spiro atoms. The number of aromatic nitrogens is 1. The van der Waals surface area contributed by atoms with Gasteiger partial charge in [-0.3, -0.25) is 9.59 Å². The number of pyridine rings is 1. The van der Waals surface area contributed by atoms with Crippen LogP contribution in [0.2, 0.25) is 0 Å². The molecule has 1 unspecified atom stereocenters. The number of hydrogen-bond donors (Lipinski definition) is 1. The van der Waals surface area contributed by atoms with E-state index < -0.39 is 6.04 Å². The third kappa shape index (κ3) is 2.84. The topological polar surface area (TPSA) is 62.3 Å². The van der Waals surface area contributed by atoms with Crippen LogP contribution in [0.4, 0.5) is 5.82 Å². The Morgan fingerprint density at radius 1 is 1.20 bits per heavy atom. The fraction of sp³-hybridized carbons (Fsp3) is 0.167. The number of nitrogens with zero attached hydrogens (tertiary/aromatic N) is 2. The van der Waals surface area contributed by atoms with Crippen molar-refractivity contribution in [3.63, 3.8) is 0 Å². The lowest BCUT2D eigenvalue weighted by Gasteiger charge is -2.28. The summed E-state index contributed by atoms with van der Waals surface area (Å²) < 4.78 is 2.78. The minimum atomic E-state index is -0.868. The number of thiophene rings is 1. The van der Waals surface area contributed by atoms with Gasteiger partial charge in [0.1, 0.15) is 5.82 Å². The third-order valence-electron chi connectivity index (χ3n) is 4.01. The van der Waals surface area contributed by atoms with E-state index in [1.165, 1.54) is 23.3 Å². The van der Waals surface area contributed by atoms with E-state index in [0.29, 0.717) is 10.7 Å². The van der Waals surface area contributed by atoms with E-state index in [1.54, 1.807) is 17.4 Å². The SMILES string of the molecule is Cc1cccc(NC(=O)C2C(=O)c3sc4ccccc4c3SN2C)n1. The molecular formula is C18H15N3O2S2. The van der Waals surface area contributed by atoms with Gasteiger partial charge in [-0.1, -0.05) is 24.3 Å². The maximum atomic E-state index is 13.0. The number of carbonyl (C=O) groups is 2. The minimum absolute atomic E-state index is 0.164. The molecule has 3 heterocycles. The van der Waals surface area contributed by atoms with E-state index >= 15 is 0 Å². The van der Waals surface area contributed by atoms with Crippen molar-refractivity contribution >= 4 is 50.9 Å². The second kappa shape index (κ2) is 6.25. The lowest BCUT2D eigenvalue weighted by Crippen LogP contribution is -2.46. The van der Waals surface area contributed by atoms with Gasteiger partial charge in [0, 0.05) is 15.8 Å². The lowest BCUT2D eigenvalue weighted by atomic mass is 10.1. The number of benzene rings is 1. The smallest absolute Gasteiger partial charge is 0.251 e. The molecule has 1 amide bonds. The van der Waals surface area contributed by atoms with Crippen LogP contribution >= 0.6 is 23.3 Å². The standard InChI is InChI=1S/C18H15N3O2S2/c1-10-6-5-9-13(19-10)20-18(23)14-15(22)17-16(25-21(14)2)11-7-3-4-8-12(11)24-17/h3-9,14H,1-2H3,(H,19,20,23). The van der Waals surface area contributed by atoms with Gasteiger partial charge < -0.3 is 5.32 Å². The molecule has 0 saturated carbocycles. The molecule has 126 valence electrons. The van der Waals surface area contributed by atoms with Crippen LogP contribution in [0.25, 0.3) is 10.1 Å². The number of amides is 1. The van der Waals surface area contributed by atoms with Gasteiger partial charge in [0.15, 0.2) is 6.04 Å². The summed E-state index contributed by atoms with van der Waals surface area (Å²) >= 11 is 2.89. The predicted molar refractivity (Wildman–Crippen MR) is 101 cm³/mol. The Balaban J connectivity index is 1.67. The number of fused-ring (bicyclic) bond motifs is 3. The first-order chi connectivity index (χ1) is 12.0. The molecule has 0 aliphatic carbocycles. The highest BCUT2D eigenvalue weighted by molar-refractivity contribution is 7.97. The van der Waals surface area contributed by atoms with Crippen molar-refractivity contribution < 1.29 is 9.59 Å². The van der Waals surface area contributed by atoms with Gasteiger partial charge in [-0.2, -0.15) is 0 Å². The predicted octanol–water partition coefficient (Wildman–Crippen LogP) is 3.75. The first-order valence-electron chi connectivity index (χ1n) is 7.75. The summed E-state index contributed by atoms with van der Waals surface area (Å²) in [6, 6.07) is 12.5. The lowest BCUT2D eigenvalue weighted by molar-refractivity contribution is -0.118. The van der Waals surface area contributed by atoms with Crippen LogP contribution in [0.5, 0.6) is 0 Å². The summed E-state index contributed by atoms with van der Waals surface area (Å²) in [5.41, 5.74) is 0.808. The average molecular weight is 369 g/mol. The van der Waals surface area contributed by atoms with Crippen molar-refractivity contribution in [3.8, 4) is 0 Å². The van der Waals surface area contributed by atoms with Crippen molar-refractivity contribution in [1.82, 2.24) is 9.29 Å². The Morgan fingerprint density at radius 2 is 2.00 bits per heavy atom. The zero-order valence-electron chi connectivity index (χ0n) is 13.6. The van der Waals surface area contributed by atoms with E-state index in [0.717, 1.165) is 20.7 Å². The molecule has 2 aromatic heterocycles. The Bertz CT molecular complexity index is 999. The molecule has 4 rings (SSSR count). The molecule has 0 saturated heterocycles. The highest BCUT2D eigenvalue weighted by Crippen LogP contribution is 2.44. The highest BCUT2D eigenvalue weighted by Gasteiger charge is 2.40. The summed E-state index contributed by atoms with van der Waals surface area (Å²) in [5.74, 6) is -0.0675. The normalized spacial score (nSPS) is 17.5. The minimum Gasteiger partial charge on any atom is -0.309 e. The Kier molecular flexibility index (Phi) is 4.07. The maximum absolute atomic E-state index is 13.0. The van der Waals surface area contributed by atoms with Crippen LogP contribution < -0.4 is 5.32 Å². The number of nitrogens with one attached hydrogen (secondary N) is 1. The number of ketones is 1. The van der Waals surface area contributed by atoms with Crippen LogP contribution in [0.15, 0.2) is 47.4 Å². The van der Waals surface area contributed by atoms with Gasteiger partial charge in [0.25, 0.3) is 5.91 Å². The van der Waals surface area contributed by atoms with Gasteiger partial charge >= 0.3 is 0 Å². The van der Waals surface area contributed by atoms with Crippen LogP contribution in [0.1, 0.15) is 15.4 Å². The molecule has 1 aliphatic heterocycles. The number of rotatable bonds is 2. The van der Waals surface area contributed by atoms with Crippen molar-refractivity contribution in [2.24, 2.45) is 0 Å². The van der Waals surface area contributed by atoms with Crippen molar-refractivity contribution in [1.29, 1.82) is 0 Å². The number of likely N-dealkylation sites (N-methyl/N-ethyl adjacent to an activating group) is 1. The number of hydrogen-bond acceptors (Lipinski definition) is 6. The largest absolute Gasteiger partial charge is 0.309 e. The molecule has 1 aromatic carbocycles. The number of anilines is 1. The zero-order valence-corrected chi connectivity index (χ0v) is 15.3. The summed E-state index contributed by atoms with van der Waals surface area (Å²) in [6.45, 7) is 1.85. The van der Waals surface area contributed by atoms with E-state index in [9.17, 15) is 9.59 Å². The molecule has 0 fully saturated rings. The molecule has 1 aliphatic rings. The summed E-state index contributed by atoms with van der Waals surface area (Å²) in [4.78, 5) is 31.5. The third-order valence-corrected chi connectivity index (χ3v) is 6.43. The molecule has 5 nitrogen and oxygen atoms in total. The second-order valence-electron chi connectivity index (χ2n) is 5.81. The monoisotopic (exact) mass is 369 g/mol. The molecule has 0 bridgehead atoms. The van der Waals surface area contributed by atoms with Gasteiger partial charge in [0.2, 0.25) is 5.78 Å². The molecule has 3 aromatic rings. The molecule has 1 N–H and O–H groups in total. The van der Waals surface area contributed by atoms with Crippen molar-refractivity contribution in [2.45, 2.75) is 17.9 Å². The first kappa shape index (κ1) is 16.3. The van der Waals surface area contributed by atoms with E-state index in [1.807, 2.05) is 43.3 Å². The van der Waals surface area contributed by atoms with E-state index in [-0.39, 0.29) is 11.7 Å². The molecular weight excluding hydrogens is 354 g/mol. The van der Waals surface area contributed by atoms with Crippen LogP contribution in [-0.2, 0) is 4.79 Å². The van der Waals surface area contributed by atoms with E-state index in [2.05, 4.69) is 10.3 Å². The average Bonchev–Trinajstić information content (AvgIpc) is 2.94. The van der Waals surface area contributed by atoms with E-state index in [4.69, 9.17) is 0 Å². The van der Waals surface area contributed by atoms with Crippen LogP contribution in [-0.4, -0.2) is 34.1 Å². The summed E-state index contributed by atoms with van der Waals surface area (Å²) in [7, 11) is 1.77. The number of Topliss-reactive ketones (excluding diaryl/α,β-unsaturated/α-hetero) is 1. The molecule has 7 heteroatoms. The van der Waals surface area contributed by atoms with Crippen molar-refractivity contribution in [3.05, 3.63) is 53.0 Å². The quantitative estimate of drug-likeness (QED) is 0.551. The Labute approximate surface area is 153 Å². The maximum Gasteiger partial charge on any atom is 0.251 e. The van der Waals surface area contributed by atoms with Gasteiger partial charge in [-0.15, -0.1) is 11.3 Å². The number of carbonyl (C=O) groups excluding carboxylic acids is 2. The highest BCUT2D eigenvalue weighted by atomic mass is 32.2. The van der Waals surface area contributed by atoms with Gasteiger partial charge in [-0.05, 0) is 44.1 Å². The van der Waals surface area contributed by atoms with Gasteiger partial charge in [-0.25, -0.2) is 9.29 Å². The Hall–Kier alpha value is -2.22. The Morgan fingerprint density at radius 3 is 2.80 bits per heavy atom. The first-order valence-corrected chi connectivity index (χ1v) is 9.34. The fourth-order valence-electron chi connectivity index (χ4n) is 2.85. The second-order valence-corrected chi connectivity index (χ2v) is 8.03. The molecule has 25 heavy (non-hydrogen) atoms. The summed E-state index contributed by atoms with van der Waals surface area (Å²) in [6.07, 6.45) is 0. The molecule has 0 radical (unpaired) electrons. The molecule has 1 atom stereocenters. The van der Waals surface area contributed by atoms with Gasteiger partial charge in [0.05, 0.1) is 9.77 Å².